The van der Waals surface area contributed by atoms with Crippen molar-refractivity contribution in [3.8, 4) is 0 Å². The topological polar surface area (TPSA) is 81.1 Å². The van der Waals surface area contributed by atoms with Gasteiger partial charge in [0.1, 0.15) is 0 Å². The summed E-state index contributed by atoms with van der Waals surface area (Å²) in [6.07, 6.45) is 1.02. The SMILES string of the molecule is CCC1Nc2ccccc2C1C(C)c1cc(N)c(N)cc1C(C)=O. The molecule has 5 N–H and O–H groups in total. The van der Waals surface area contributed by atoms with Crippen LogP contribution in [0.4, 0.5) is 17.1 Å². The van der Waals surface area contributed by atoms with Crippen molar-refractivity contribution in [2.75, 3.05) is 16.8 Å². The summed E-state index contributed by atoms with van der Waals surface area (Å²) in [5.74, 6) is 0.482. The first-order valence-corrected chi connectivity index (χ1v) is 8.49. The minimum Gasteiger partial charge on any atom is -0.397 e. The van der Waals surface area contributed by atoms with Crippen LogP contribution in [0, 0.1) is 0 Å². The number of Topliss-reactive ketones (excluding diaryl/α,β-unsaturated/α-hetero) is 1. The Morgan fingerprint density at radius 3 is 2.54 bits per heavy atom. The van der Waals surface area contributed by atoms with E-state index in [-0.39, 0.29) is 11.7 Å². The number of carbonyl (C=O) groups is 1. The lowest BCUT2D eigenvalue weighted by Crippen LogP contribution is -2.24. The molecule has 0 saturated heterocycles. The summed E-state index contributed by atoms with van der Waals surface area (Å²) < 4.78 is 0. The van der Waals surface area contributed by atoms with Gasteiger partial charge in [0.2, 0.25) is 0 Å². The number of nitrogens with one attached hydrogen (secondary N) is 1. The molecule has 0 spiro atoms. The zero-order valence-corrected chi connectivity index (χ0v) is 14.5. The van der Waals surface area contributed by atoms with E-state index in [1.54, 1.807) is 13.0 Å². The molecule has 4 nitrogen and oxygen atoms in total. The third-order valence-electron chi connectivity index (χ3n) is 5.20. The average molecular weight is 323 g/mol. The quantitative estimate of drug-likeness (QED) is 0.583. The number of nitrogen functional groups attached to an aromatic ring is 2. The number of hydrogen-bond donors (Lipinski definition) is 3. The number of benzene rings is 2. The maximum absolute atomic E-state index is 12.1. The molecule has 0 saturated carbocycles. The predicted molar refractivity (Wildman–Crippen MR) is 101 cm³/mol. The Balaban J connectivity index is 2.10. The van der Waals surface area contributed by atoms with Crippen LogP contribution in [-0.4, -0.2) is 11.8 Å². The van der Waals surface area contributed by atoms with Crippen molar-refractivity contribution in [1.82, 2.24) is 0 Å². The zero-order valence-electron chi connectivity index (χ0n) is 14.5. The largest absolute Gasteiger partial charge is 0.397 e. The van der Waals surface area contributed by atoms with Crippen LogP contribution in [-0.2, 0) is 0 Å². The summed E-state index contributed by atoms with van der Waals surface area (Å²) in [5, 5.41) is 3.62. The minimum atomic E-state index is 0.0239. The Labute approximate surface area is 143 Å². The first-order chi connectivity index (χ1) is 11.4. The van der Waals surface area contributed by atoms with Crippen LogP contribution in [0.2, 0.25) is 0 Å². The normalized spacial score (nSPS) is 20.3. The van der Waals surface area contributed by atoms with Crippen LogP contribution in [0.15, 0.2) is 36.4 Å². The lowest BCUT2D eigenvalue weighted by Gasteiger charge is -2.28. The molecule has 0 aliphatic carbocycles. The summed E-state index contributed by atoms with van der Waals surface area (Å²) in [6.45, 7) is 5.94. The van der Waals surface area contributed by atoms with Gasteiger partial charge >= 0.3 is 0 Å². The first kappa shape index (κ1) is 16.4. The zero-order chi connectivity index (χ0) is 17.4. The van der Waals surface area contributed by atoms with Crippen molar-refractivity contribution in [1.29, 1.82) is 0 Å². The van der Waals surface area contributed by atoms with Gasteiger partial charge in [-0.2, -0.15) is 0 Å². The second-order valence-electron chi connectivity index (χ2n) is 6.69. The summed E-state index contributed by atoms with van der Waals surface area (Å²) in [4.78, 5) is 12.1. The molecule has 2 aromatic rings. The molecule has 2 aromatic carbocycles. The van der Waals surface area contributed by atoms with Gasteiger partial charge < -0.3 is 16.8 Å². The van der Waals surface area contributed by atoms with Crippen molar-refractivity contribution >= 4 is 22.8 Å². The highest BCUT2D eigenvalue weighted by Crippen LogP contribution is 2.46. The highest BCUT2D eigenvalue weighted by atomic mass is 16.1. The molecular formula is C20H25N3O. The van der Waals surface area contributed by atoms with E-state index in [2.05, 4.69) is 37.4 Å². The fraction of sp³-hybridized carbons (Fsp3) is 0.350. The van der Waals surface area contributed by atoms with E-state index in [1.165, 1.54) is 11.3 Å². The molecule has 0 amide bonds. The Morgan fingerprint density at radius 2 is 1.88 bits per heavy atom. The number of para-hydroxylation sites is 1. The van der Waals surface area contributed by atoms with Gasteiger partial charge in [-0.3, -0.25) is 4.79 Å². The van der Waals surface area contributed by atoms with E-state index in [0.717, 1.165) is 12.0 Å². The summed E-state index contributed by atoms with van der Waals surface area (Å²) in [5.41, 5.74) is 17.1. The fourth-order valence-electron chi connectivity index (χ4n) is 3.93. The van der Waals surface area contributed by atoms with Crippen LogP contribution in [0.1, 0.15) is 60.5 Å². The lowest BCUT2D eigenvalue weighted by atomic mass is 9.77. The molecule has 3 atom stereocenters. The van der Waals surface area contributed by atoms with Gasteiger partial charge in [-0.05, 0) is 48.6 Å². The Hall–Kier alpha value is -2.49. The third kappa shape index (κ3) is 2.62. The van der Waals surface area contributed by atoms with Gasteiger partial charge in [-0.15, -0.1) is 0 Å². The Bertz CT molecular complexity index is 784. The van der Waals surface area contributed by atoms with Crippen LogP contribution in [0.5, 0.6) is 0 Å². The number of ketones is 1. The second kappa shape index (κ2) is 6.19. The molecule has 0 fully saturated rings. The van der Waals surface area contributed by atoms with Crippen LogP contribution < -0.4 is 16.8 Å². The van der Waals surface area contributed by atoms with Gasteiger partial charge in [0.25, 0.3) is 0 Å². The van der Waals surface area contributed by atoms with E-state index in [1.807, 2.05) is 12.1 Å². The van der Waals surface area contributed by atoms with E-state index in [0.29, 0.717) is 28.9 Å². The molecule has 1 aliphatic rings. The number of carbonyl (C=O) groups excluding carboxylic acids is 1. The van der Waals surface area contributed by atoms with Gasteiger partial charge in [0.15, 0.2) is 5.78 Å². The molecule has 1 aliphatic heterocycles. The highest BCUT2D eigenvalue weighted by Gasteiger charge is 2.36. The summed E-state index contributed by atoms with van der Waals surface area (Å²) in [7, 11) is 0. The molecular weight excluding hydrogens is 298 g/mol. The summed E-state index contributed by atoms with van der Waals surface area (Å²) in [6, 6.07) is 12.4. The van der Waals surface area contributed by atoms with Crippen LogP contribution in [0.3, 0.4) is 0 Å². The number of rotatable bonds is 4. The van der Waals surface area contributed by atoms with E-state index in [9.17, 15) is 4.79 Å². The van der Waals surface area contributed by atoms with Gasteiger partial charge in [-0.25, -0.2) is 0 Å². The molecule has 3 unspecified atom stereocenters. The number of fused-ring (bicyclic) bond motifs is 1. The molecule has 0 aromatic heterocycles. The molecule has 4 heteroatoms. The van der Waals surface area contributed by atoms with E-state index >= 15 is 0 Å². The number of nitrogens with two attached hydrogens (primary N) is 2. The van der Waals surface area contributed by atoms with Crippen molar-refractivity contribution < 1.29 is 4.79 Å². The maximum Gasteiger partial charge on any atom is 0.160 e. The van der Waals surface area contributed by atoms with Crippen molar-refractivity contribution in [3.63, 3.8) is 0 Å². The lowest BCUT2D eigenvalue weighted by molar-refractivity contribution is 0.101. The third-order valence-corrected chi connectivity index (χ3v) is 5.20. The monoisotopic (exact) mass is 323 g/mol. The Morgan fingerprint density at radius 1 is 1.21 bits per heavy atom. The minimum absolute atomic E-state index is 0.0239. The first-order valence-electron chi connectivity index (χ1n) is 8.49. The van der Waals surface area contributed by atoms with Crippen molar-refractivity contribution in [3.05, 3.63) is 53.1 Å². The van der Waals surface area contributed by atoms with E-state index in [4.69, 9.17) is 11.5 Å². The molecule has 1 heterocycles. The predicted octanol–water partition coefficient (Wildman–Crippen LogP) is 4.15. The molecule has 24 heavy (non-hydrogen) atoms. The molecule has 0 bridgehead atoms. The number of hydrogen-bond acceptors (Lipinski definition) is 4. The van der Waals surface area contributed by atoms with E-state index < -0.39 is 0 Å². The van der Waals surface area contributed by atoms with Crippen LogP contribution in [0.25, 0.3) is 0 Å². The molecule has 126 valence electrons. The van der Waals surface area contributed by atoms with Gasteiger partial charge in [0.05, 0.1) is 11.4 Å². The van der Waals surface area contributed by atoms with Crippen molar-refractivity contribution in [2.24, 2.45) is 0 Å². The van der Waals surface area contributed by atoms with Gasteiger partial charge in [-0.1, -0.05) is 32.0 Å². The van der Waals surface area contributed by atoms with Crippen LogP contribution >= 0.6 is 0 Å². The Kier molecular flexibility index (Phi) is 4.22. The standard InChI is InChI=1S/C20H25N3O/c1-4-18-20(13-7-5-6-8-19(13)23-18)11(2)14-9-16(21)17(22)10-15(14)12(3)24/h5-11,18,20,23H,4,21-22H2,1-3H3. The number of anilines is 3. The van der Waals surface area contributed by atoms with Gasteiger partial charge in [0, 0.05) is 23.2 Å². The van der Waals surface area contributed by atoms with Crippen molar-refractivity contribution in [2.45, 2.75) is 45.1 Å². The smallest absolute Gasteiger partial charge is 0.160 e. The molecule has 0 radical (unpaired) electrons. The fourth-order valence-corrected chi connectivity index (χ4v) is 3.93. The highest BCUT2D eigenvalue weighted by molar-refractivity contribution is 5.97. The summed E-state index contributed by atoms with van der Waals surface area (Å²) >= 11 is 0. The molecule has 3 rings (SSSR count). The maximum atomic E-state index is 12.1. The second-order valence-corrected chi connectivity index (χ2v) is 6.69. The average Bonchev–Trinajstić information content (AvgIpc) is 2.94.